The van der Waals surface area contributed by atoms with Crippen LogP contribution in [0.15, 0.2) is 60.9 Å². The van der Waals surface area contributed by atoms with Crippen LogP contribution in [0.4, 0.5) is 5.00 Å². The summed E-state index contributed by atoms with van der Waals surface area (Å²) in [6, 6.07) is 7.77. The van der Waals surface area contributed by atoms with Gasteiger partial charge >= 0.3 is 0 Å². The third-order valence-electron chi connectivity index (χ3n) is 6.15. The molecule has 1 aromatic carbocycles. The number of allylic oxidation sites excluding steroid dienone is 3. The van der Waals surface area contributed by atoms with Crippen LogP contribution in [-0.2, 0) is 9.53 Å². The summed E-state index contributed by atoms with van der Waals surface area (Å²) in [7, 11) is 0. The molecule has 1 aromatic heterocycles. The average molecular weight is 409 g/mol. The van der Waals surface area contributed by atoms with Crippen molar-refractivity contribution in [1.82, 2.24) is 4.90 Å². The highest BCUT2D eigenvalue weighted by Crippen LogP contribution is 2.43. The predicted octanol–water partition coefficient (Wildman–Crippen LogP) is 4.32. The first kappa shape index (κ1) is 19.5. The van der Waals surface area contributed by atoms with Crippen molar-refractivity contribution in [1.29, 1.82) is 0 Å². The molecule has 6 heteroatoms. The molecule has 1 unspecified atom stereocenters. The van der Waals surface area contributed by atoms with Gasteiger partial charge in [0.05, 0.1) is 22.1 Å². The first-order chi connectivity index (χ1) is 13.9. The van der Waals surface area contributed by atoms with E-state index in [-0.39, 0.29) is 17.6 Å². The van der Waals surface area contributed by atoms with Crippen LogP contribution in [0, 0.1) is 5.92 Å². The summed E-state index contributed by atoms with van der Waals surface area (Å²) in [5.41, 5.74) is 6.62. The SMILES string of the molecule is C=CC1=C(C=C)C(=O)C(C)C2(CCN(C(=O)c3c(N)sc4ccccc34)CC2)O1. The van der Waals surface area contributed by atoms with E-state index in [1.165, 1.54) is 17.4 Å². The first-order valence-corrected chi connectivity index (χ1v) is 10.5. The van der Waals surface area contributed by atoms with Crippen molar-refractivity contribution in [3.8, 4) is 0 Å². The zero-order valence-electron chi connectivity index (χ0n) is 16.4. The standard InChI is InChI=1S/C23H24N2O3S/c1-4-15-17(5-2)28-23(14(3)20(15)26)10-12-25(13-11-23)22(27)19-16-8-6-7-9-18(16)29-21(19)24/h4-9,14H,1-2,10-13,24H2,3H3. The van der Waals surface area contributed by atoms with Gasteiger partial charge in [0.2, 0.25) is 0 Å². The highest BCUT2D eigenvalue weighted by atomic mass is 32.1. The van der Waals surface area contributed by atoms with E-state index in [0.717, 1.165) is 10.1 Å². The second kappa shape index (κ2) is 7.19. The summed E-state index contributed by atoms with van der Waals surface area (Å²) in [6.07, 6.45) is 4.26. The number of nitrogen functional groups attached to an aromatic ring is 1. The van der Waals surface area contributed by atoms with Gasteiger partial charge in [-0.3, -0.25) is 9.59 Å². The number of hydrogen-bond donors (Lipinski definition) is 1. The number of nitrogens with zero attached hydrogens (tertiary/aromatic N) is 1. The molecule has 0 saturated carbocycles. The molecule has 0 aliphatic carbocycles. The van der Waals surface area contributed by atoms with Gasteiger partial charge < -0.3 is 15.4 Å². The van der Waals surface area contributed by atoms with Gasteiger partial charge in [0.1, 0.15) is 11.4 Å². The van der Waals surface area contributed by atoms with Gasteiger partial charge in [-0.2, -0.15) is 0 Å². The van der Waals surface area contributed by atoms with E-state index >= 15 is 0 Å². The number of thiophene rings is 1. The van der Waals surface area contributed by atoms with Gasteiger partial charge in [-0.15, -0.1) is 11.3 Å². The Bertz CT molecular complexity index is 1060. The number of rotatable bonds is 3. The van der Waals surface area contributed by atoms with Crippen molar-refractivity contribution in [2.45, 2.75) is 25.4 Å². The molecule has 1 amide bonds. The lowest BCUT2D eigenvalue weighted by Gasteiger charge is -2.47. The number of benzene rings is 1. The number of anilines is 1. The summed E-state index contributed by atoms with van der Waals surface area (Å²) in [4.78, 5) is 27.9. The fraction of sp³-hybridized carbons (Fsp3) is 0.304. The number of carbonyl (C=O) groups excluding carboxylic acids is 2. The van der Waals surface area contributed by atoms with Crippen LogP contribution >= 0.6 is 11.3 Å². The second-order valence-electron chi connectivity index (χ2n) is 7.57. The van der Waals surface area contributed by atoms with Crippen LogP contribution < -0.4 is 5.73 Å². The molecular formula is C23H24N2O3S. The maximum atomic E-state index is 13.2. The first-order valence-electron chi connectivity index (χ1n) is 9.70. The van der Waals surface area contributed by atoms with Crippen molar-refractivity contribution in [3.05, 3.63) is 66.5 Å². The lowest BCUT2D eigenvalue weighted by atomic mass is 9.74. The van der Waals surface area contributed by atoms with Crippen LogP contribution in [-0.4, -0.2) is 35.3 Å². The number of amides is 1. The fourth-order valence-electron chi connectivity index (χ4n) is 4.38. The minimum atomic E-state index is -0.619. The van der Waals surface area contributed by atoms with Crippen LogP contribution in [0.25, 0.3) is 10.1 Å². The number of nitrogens with two attached hydrogens (primary N) is 1. The van der Waals surface area contributed by atoms with E-state index in [1.807, 2.05) is 36.1 Å². The zero-order valence-corrected chi connectivity index (χ0v) is 17.3. The summed E-state index contributed by atoms with van der Waals surface area (Å²) in [6.45, 7) is 10.4. The van der Waals surface area contributed by atoms with Crippen molar-refractivity contribution >= 4 is 38.1 Å². The average Bonchev–Trinajstić information content (AvgIpc) is 3.07. The summed E-state index contributed by atoms with van der Waals surface area (Å²) < 4.78 is 7.28. The number of ketones is 1. The highest BCUT2D eigenvalue weighted by molar-refractivity contribution is 7.23. The molecule has 1 spiro atoms. The molecule has 0 radical (unpaired) electrons. The molecule has 29 heavy (non-hydrogen) atoms. The molecule has 2 aromatic rings. The molecule has 4 rings (SSSR count). The molecule has 2 aliphatic rings. The van der Waals surface area contributed by atoms with E-state index in [0.29, 0.717) is 47.8 Å². The molecule has 150 valence electrons. The molecule has 1 fully saturated rings. The predicted molar refractivity (Wildman–Crippen MR) is 117 cm³/mol. The Morgan fingerprint density at radius 2 is 1.97 bits per heavy atom. The maximum absolute atomic E-state index is 13.2. The smallest absolute Gasteiger partial charge is 0.257 e. The molecule has 1 atom stereocenters. The number of Topliss-reactive ketones (excluding diaryl/α,β-unsaturated/α-hetero) is 1. The summed E-state index contributed by atoms with van der Waals surface area (Å²) in [5.74, 6) is 0.143. The van der Waals surface area contributed by atoms with Crippen LogP contribution in [0.1, 0.15) is 30.1 Å². The Balaban J connectivity index is 1.58. The van der Waals surface area contributed by atoms with Crippen molar-refractivity contribution < 1.29 is 14.3 Å². The normalized spacial score (nSPS) is 21.3. The highest BCUT2D eigenvalue weighted by Gasteiger charge is 2.49. The Hall–Kier alpha value is -2.86. The monoisotopic (exact) mass is 408 g/mol. The zero-order chi connectivity index (χ0) is 20.8. The summed E-state index contributed by atoms with van der Waals surface area (Å²) >= 11 is 1.43. The van der Waals surface area contributed by atoms with Gasteiger partial charge in [0.25, 0.3) is 5.91 Å². The lowest BCUT2D eigenvalue weighted by molar-refractivity contribution is -0.139. The van der Waals surface area contributed by atoms with E-state index in [4.69, 9.17) is 10.5 Å². The largest absolute Gasteiger partial charge is 0.486 e. The van der Waals surface area contributed by atoms with Gasteiger partial charge in [-0.25, -0.2) is 0 Å². The minimum Gasteiger partial charge on any atom is -0.486 e. The topological polar surface area (TPSA) is 72.6 Å². The van der Waals surface area contributed by atoms with E-state index in [1.54, 1.807) is 6.08 Å². The van der Waals surface area contributed by atoms with Gasteiger partial charge in [0.15, 0.2) is 5.78 Å². The molecule has 3 heterocycles. The Labute approximate surface area is 174 Å². The Morgan fingerprint density at radius 3 is 2.62 bits per heavy atom. The van der Waals surface area contributed by atoms with E-state index in [9.17, 15) is 9.59 Å². The number of likely N-dealkylation sites (tertiary alicyclic amines) is 1. The van der Waals surface area contributed by atoms with Crippen LogP contribution in [0.5, 0.6) is 0 Å². The third kappa shape index (κ3) is 2.99. The quantitative estimate of drug-likeness (QED) is 0.821. The van der Waals surface area contributed by atoms with Crippen molar-refractivity contribution in [2.24, 2.45) is 5.92 Å². The van der Waals surface area contributed by atoms with E-state index in [2.05, 4.69) is 13.2 Å². The van der Waals surface area contributed by atoms with E-state index < -0.39 is 5.60 Å². The van der Waals surface area contributed by atoms with Gasteiger partial charge in [-0.1, -0.05) is 44.4 Å². The Morgan fingerprint density at radius 1 is 1.28 bits per heavy atom. The minimum absolute atomic E-state index is 0.0222. The maximum Gasteiger partial charge on any atom is 0.257 e. The molecule has 0 bridgehead atoms. The molecular weight excluding hydrogens is 384 g/mol. The number of ether oxygens (including phenoxy) is 1. The van der Waals surface area contributed by atoms with Crippen molar-refractivity contribution in [2.75, 3.05) is 18.8 Å². The van der Waals surface area contributed by atoms with Gasteiger partial charge in [0, 0.05) is 36.0 Å². The van der Waals surface area contributed by atoms with Crippen LogP contribution in [0.2, 0.25) is 0 Å². The van der Waals surface area contributed by atoms with Gasteiger partial charge in [-0.05, 0) is 12.1 Å². The molecule has 2 aliphatic heterocycles. The second-order valence-corrected chi connectivity index (χ2v) is 8.65. The van der Waals surface area contributed by atoms with Crippen LogP contribution in [0.3, 0.4) is 0 Å². The van der Waals surface area contributed by atoms with Crippen molar-refractivity contribution in [3.63, 3.8) is 0 Å². The number of hydrogen-bond acceptors (Lipinski definition) is 5. The Kier molecular flexibility index (Phi) is 4.82. The molecule has 5 nitrogen and oxygen atoms in total. The number of carbonyl (C=O) groups is 2. The molecule has 2 N–H and O–H groups in total. The molecule has 1 saturated heterocycles. The third-order valence-corrected chi connectivity index (χ3v) is 7.15. The number of piperidine rings is 1. The fourth-order valence-corrected chi connectivity index (χ4v) is 5.34. The number of fused-ring (bicyclic) bond motifs is 1. The summed E-state index contributed by atoms with van der Waals surface area (Å²) in [5, 5.41) is 1.44. The lowest BCUT2D eigenvalue weighted by Crippen LogP contribution is -2.54.